The van der Waals surface area contributed by atoms with E-state index in [-0.39, 0.29) is 17.4 Å². The van der Waals surface area contributed by atoms with Crippen LogP contribution in [0.4, 0.5) is 4.39 Å². The topological polar surface area (TPSA) is 58.6 Å². The Kier molecular flexibility index (Phi) is 4.25. The molecule has 0 saturated heterocycles. The molecule has 1 atom stereocenters. The smallest absolute Gasteiger partial charge is 0.255 e. The van der Waals surface area contributed by atoms with Crippen LogP contribution < -0.4 is 5.32 Å². The molecule has 0 spiro atoms. The van der Waals surface area contributed by atoms with Crippen LogP contribution >= 0.6 is 0 Å². The molecule has 4 nitrogen and oxygen atoms in total. The summed E-state index contributed by atoms with van der Waals surface area (Å²) in [4.78, 5) is 11.6. The van der Waals surface area contributed by atoms with E-state index in [1.54, 1.807) is 6.92 Å². The Balaban J connectivity index is 2.76. The lowest BCUT2D eigenvalue weighted by Crippen LogP contribution is -2.35. The lowest BCUT2D eigenvalue weighted by Gasteiger charge is -2.13. The normalized spacial score (nSPS) is 12.2. The van der Waals surface area contributed by atoms with E-state index in [1.165, 1.54) is 7.11 Å². The number of aromatic hydroxyl groups is 1. The number of halogens is 1. The third-order valence-corrected chi connectivity index (χ3v) is 2.00. The van der Waals surface area contributed by atoms with E-state index < -0.39 is 11.7 Å². The van der Waals surface area contributed by atoms with Crippen molar-refractivity contribution < 1.29 is 19.0 Å². The molecule has 0 fully saturated rings. The second-order valence-corrected chi connectivity index (χ2v) is 3.49. The Morgan fingerprint density at radius 3 is 2.94 bits per heavy atom. The average molecular weight is 227 g/mol. The predicted molar refractivity (Wildman–Crippen MR) is 56.9 cm³/mol. The number of phenols is 1. The minimum absolute atomic E-state index is 0.0806. The van der Waals surface area contributed by atoms with Crippen molar-refractivity contribution in [3.63, 3.8) is 0 Å². The molecule has 0 saturated carbocycles. The van der Waals surface area contributed by atoms with Crippen LogP contribution in [0.25, 0.3) is 0 Å². The molecule has 1 unspecified atom stereocenters. The van der Waals surface area contributed by atoms with Crippen molar-refractivity contribution in [1.29, 1.82) is 0 Å². The fourth-order valence-corrected chi connectivity index (χ4v) is 1.28. The molecule has 88 valence electrons. The number of nitrogens with one attached hydrogen (secondary N) is 1. The summed E-state index contributed by atoms with van der Waals surface area (Å²) in [5.41, 5.74) is -0.0806. The maximum atomic E-state index is 12.9. The molecule has 0 aliphatic heterocycles. The van der Waals surface area contributed by atoms with Crippen LogP contribution in [0.15, 0.2) is 18.2 Å². The van der Waals surface area contributed by atoms with E-state index in [2.05, 4.69) is 5.32 Å². The second-order valence-electron chi connectivity index (χ2n) is 3.49. The van der Waals surface area contributed by atoms with Crippen LogP contribution in [0.3, 0.4) is 0 Å². The number of amides is 1. The van der Waals surface area contributed by atoms with E-state index in [9.17, 15) is 14.3 Å². The van der Waals surface area contributed by atoms with Gasteiger partial charge in [0.1, 0.15) is 11.6 Å². The standard InChI is InChI=1S/C11H14FNO3/c1-7(6-16-2)13-11(15)9-5-8(12)3-4-10(9)14/h3-5,7,14H,6H2,1-2H3,(H,13,15). The van der Waals surface area contributed by atoms with Gasteiger partial charge in [0.25, 0.3) is 5.91 Å². The van der Waals surface area contributed by atoms with Crippen LogP contribution in [-0.2, 0) is 4.74 Å². The van der Waals surface area contributed by atoms with Gasteiger partial charge in [0.15, 0.2) is 0 Å². The maximum absolute atomic E-state index is 12.9. The first kappa shape index (κ1) is 12.4. The molecular formula is C11H14FNO3. The van der Waals surface area contributed by atoms with Crippen molar-refractivity contribution in [2.24, 2.45) is 0 Å². The Labute approximate surface area is 93.0 Å². The van der Waals surface area contributed by atoms with Gasteiger partial charge in [-0.3, -0.25) is 4.79 Å². The summed E-state index contributed by atoms with van der Waals surface area (Å²) >= 11 is 0. The number of ether oxygens (including phenoxy) is 1. The molecule has 0 aliphatic rings. The Hall–Kier alpha value is -1.62. The van der Waals surface area contributed by atoms with Gasteiger partial charge >= 0.3 is 0 Å². The number of carbonyl (C=O) groups is 1. The lowest BCUT2D eigenvalue weighted by atomic mass is 10.1. The molecule has 1 aromatic carbocycles. The highest BCUT2D eigenvalue weighted by Crippen LogP contribution is 2.17. The summed E-state index contributed by atoms with van der Waals surface area (Å²) in [6, 6.07) is 3.01. The molecule has 0 aromatic heterocycles. The first-order chi connectivity index (χ1) is 7.54. The van der Waals surface area contributed by atoms with Crippen molar-refractivity contribution >= 4 is 5.91 Å². The van der Waals surface area contributed by atoms with E-state index >= 15 is 0 Å². The number of hydrogen-bond acceptors (Lipinski definition) is 3. The van der Waals surface area contributed by atoms with Gasteiger partial charge in [-0.1, -0.05) is 0 Å². The molecule has 1 amide bonds. The third-order valence-electron chi connectivity index (χ3n) is 2.00. The second kappa shape index (κ2) is 5.46. The number of hydrogen-bond donors (Lipinski definition) is 2. The average Bonchev–Trinajstić information content (AvgIpc) is 2.21. The SMILES string of the molecule is COCC(C)NC(=O)c1cc(F)ccc1O. The number of carbonyl (C=O) groups excluding carboxylic acids is 1. The minimum atomic E-state index is -0.567. The van der Waals surface area contributed by atoms with Crippen LogP contribution in [0.5, 0.6) is 5.75 Å². The molecule has 5 heteroatoms. The molecule has 0 heterocycles. The van der Waals surface area contributed by atoms with Crippen molar-refractivity contribution in [3.05, 3.63) is 29.6 Å². The molecule has 0 aliphatic carbocycles. The van der Waals surface area contributed by atoms with E-state index in [0.717, 1.165) is 18.2 Å². The zero-order valence-electron chi connectivity index (χ0n) is 9.16. The Morgan fingerprint density at radius 2 is 2.31 bits per heavy atom. The molecule has 1 rings (SSSR count). The molecule has 0 radical (unpaired) electrons. The summed E-state index contributed by atoms with van der Waals surface area (Å²) in [6.45, 7) is 2.10. The number of rotatable bonds is 4. The molecule has 0 bridgehead atoms. The monoisotopic (exact) mass is 227 g/mol. The maximum Gasteiger partial charge on any atom is 0.255 e. The lowest BCUT2D eigenvalue weighted by molar-refractivity contribution is 0.0902. The van der Waals surface area contributed by atoms with Crippen molar-refractivity contribution in [3.8, 4) is 5.75 Å². The minimum Gasteiger partial charge on any atom is -0.507 e. The first-order valence-corrected chi connectivity index (χ1v) is 4.83. The zero-order valence-corrected chi connectivity index (χ0v) is 9.16. The number of methoxy groups -OCH3 is 1. The highest BCUT2D eigenvalue weighted by atomic mass is 19.1. The van der Waals surface area contributed by atoms with E-state index in [1.807, 2.05) is 0 Å². The van der Waals surface area contributed by atoms with Crippen LogP contribution in [0.2, 0.25) is 0 Å². The fourth-order valence-electron chi connectivity index (χ4n) is 1.28. The van der Waals surface area contributed by atoms with Crippen molar-refractivity contribution in [1.82, 2.24) is 5.32 Å². The van der Waals surface area contributed by atoms with Crippen molar-refractivity contribution in [2.75, 3.05) is 13.7 Å². The fraction of sp³-hybridized carbons (Fsp3) is 0.364. The van der Waals surface area contributed by atoms with Gasteiger partial charge < -0.3 is 15.2 Å². The highest BCUT2D eigenvalue weighted by molar-refractivity contribution is 5.96. The van der Waals surface area contributed by atoms with Gasteiger partial charge in [0.2, 0.25) is 0 Å². The zero-order chi connectivity index (χ0) is 12.1. The van der Waals surface area contributed by atoms with Crippen molar-refractivity contribution in [2.45, 2.75) is 13.0 Å². The first-order valence-electron chi connectivity index (χ1n) is 4.83. The van der Waals surface area contributed by atoms with Gasteiger partial charge in [-0.15, -0.1) is 0 Å². The predicted octanol–water partition coefficient (Wildman–Crippen LogP) is 1.30. The number of benzene rings is 1. The van der Waals surface area contributed by atoms with Crippen LogP contribution in [0, 0.1) is 5.82 Å². The van der Waals surface area contributed by atoms with Crippen LogP contribution in [-0.4, -0.2) is 30.8 Å². The summed E-state index contributed by atoms with van der Waals surface area (Å²) in [5.74, 6) is -1.34. The van der Waals surface area contributed by atoms with Gasteiger partial charge in [-0.25, -0.2) is 4.39 Å². The molecular weight excluding hydrogens is 213 g/mol. The summed E-state index contributed by atoms with van der Waals surface area (Å²) in [6.07, 6.45) is 0. The van der Waals surface area contributed by atoms with Gasteiger partial charge in [-0.05, 0) is 25.1 Å². The molecule has 1 aromatic rings. The summed E-state index contributed by atoms with van der Waals surface area (Å²) in [5, 5.41) is 12.0. The number of phenolic OH excluding ortho intramolecular Hbond substituents is 1. The molecule has 2 N–H and O–H groups in total. The summed E-state index contributed by atoms with van der Waals surface area (Å²) < 4.78 is 17.7. The molecule has 16 heavy (non-hydrogen) atoms. The largest absolute Gasteiger partial charge is 0.507 e. The van der Waals surface area contributed by atoms with Gasteiger partial charge in [0, 0.05) is 13.2 Å². The van der Waals surface area contributed by atoms with E-state index in [0.29, 0.717) is 6.61 Å². The van der Waals surface area contributed by atoms with Crippen LogP contribution in [0.1, 0.15) is 17.3 Å². The summed E-state index contributed by atoms with van der Waals surface area (Å²) in [7, 11) is 1.52. The Morgan fingerprint density at radius 1 is 1.62 bits per heavy atom. The van der Waals surface area contributed by atoms with Gasteiger partial charge in [-0.2, -0.15) is 0 Å². The quantitative estimate of drug-likeness (QED) is 0.815. The highest BCUT2D eigenvalue weighted by Gasteiger charge is 2.14. The van der Waals surface area contributed by atoms with Gasteiger partial charge in [0.05, 0.1) is 12.2 Å². The third kappa shape index (κ3) is 3.20. The Bertz CT molecular complexity index is 381. The van der Waals surface area contributed by atoms with E-state index in [4.69, 9.17) is 4.74 Å².